The van der Waals surface area contributed by atoms with Gasteiger partial charge >= 0.3 is 11.9 Å². The lowest BCUT2D eigenvalue weighted by molar-refractivity contribution is -0.154. The number of nitrogens with zero attached hydrogens (tertiary/aromatic N) is 4. The van der Waals surface area contributed by atoms with Gasteiger partial charge in [0, 0.05) is 25.2 Å². The summed E-state index contributed by atoms with van der Waals surface area (Å²) in [7, 11) is 1.46. The smallest absolute Gasteiger partial charge is 0.311 e. The second-order valence-corrected chi connectivity index (χ2v) is 13.7. The lowest BCUT2D eigenvalue weighted by atomic mass is 9.67. The van der Waals surface area contributed by atoms with E-state index in [1.54, 1.807) is 12.4 Å². The minimum atomic E-state index is -0.688. The van der Waals surface area contributed by atoms with Gasteiger partial charge in [-0.05, 0) is 88.9 Å². The molecule has 43 heavy (non-hydrogen) atoms. The number of rotatable bonds is 8. The number of fused-ring (bicyclic) bond motifs is 4. The summed E-state index contributed by atoms with van der Waals surface area (Å²) in [5, 5.41) is 9.51. The quantitative estimate of drug-likeness (QED) is 0.302. The van der Waals surface area contributed by atoms with Crippen LogP contribution in [0.2, 0.25) is 0 Å². The molecule has 10 nitrogen and oxygen atoms in total. The van der Waals surface area contributed by atoms with Crippen molar-refractivity contribution in [3.05, 3.63) is 47.6 Å². The zero-order valence-electron chi connectivity index (χ0n) is 25.5. The summed E-state index contributed by atoms with van der Waals surface area (Å²) in [5.74, 6) is -0.753. The third-order valence-corrected chi connectivity index (χ3v) is 10.6. The van der Waals surface area contributed by atoms with E-state index in [1.165, 1.54) is 19.5 Å². The largest absolute Gasteiger partial charge is 0.481 e. The standard InChI is InChI=1S/C17H22N2O3.C16H20N2O3/c1-12-9-18-10-13(19-12)14(20)8-16-4-3-5-17(11-16,7-6-16)15(21)22-2;1-11-8-17-9-12(18-11)13(19)7-15-3-2-4-16(10-15,6-5-15)14(20)21/h9-10H,3-8,11H2,1-2H3;8-9H,2-7,10H2,1H3,(H,20,21). The van der Waals surface area contributed by atoms with Crippen LogP contribution in [0.1, 0.15) is 122 Å². The first kappa shape index (κ1) is 30.9. The molecule has 4 bridgehead atoms. The Morgan fingerprint density at radius 2 is 1.16 bits per heavy atom. The van der Waals surface area contributed by atoms with Crippen LogP contribution in [0.15, 0.2) is 24.8 Å². The summed E-state index contributed by atoms with van der Waals surface area (Å²) < 4.78 is 5.01. The van der Waals surface area contributed by atoms with E-state index in [-0.39, 0.29) is 33.8 Å². The third kappa shape index (κ3) is 6.24. The Morgan fingerprint density at radius 1 is 0.698 bits per heavy atom. The van der Waals surface area contributed by atoms with Crippen molar-refractivity contribution in [3.8, 4) is 0 Å². The Hall–Kier alpha value is -3.56. The summed E-state index contributed by atoms with van der Waals surface area (Å²) >= 11 is 0. The van der Waals surface area contributed by atoms with Crippen LogP contribution in [0.5, 0.6) is 0 Å². The molecule has 4 unspecified atom stereocenters. The number of aliphatic carboxylic acids is 1. The molecule has 4 saturated carbocycles. The Labute approximate surface area is 252 Å². The highest BCUT2D eigenvalue weighted by Gasteiger charge is 2.57. The molecular weight excluding hydrogens is 548 g/mol. The van der Waals surface area contributed by atoms with Crippen LogP contribution in [-0.4, -0.2) is 55.7 Å². The Morgan fingerprint density at radius 3 is 1.63 bits per heavy atom. The van der Waals surface area contributed by atoms with Crippen LogP contribution in [0.25, 0.3) is 0 Å². The van der Waals surface area contributed by atoms with E-state index >= 15 is 0 Å². The third-order valence-electron chi connectivity index (χ3n) is 10.6. The number of carboxylic acid groups (broad SMARTS) is 1. The van der Waals surface area contributed by atoms with Gasteiger partial charge in [0.2, 0.25) is 0 Å². The number of carboxylic acids is 1. The zero-order valence-corrected chi connectivity index (χ0v) is 25.5. The van der Waals surface area contributed by atoms with Gasteiger partial charge in [-0.3, -0.25) is 29.1 Å². The van der Waals surface area contributed by atoms with Gasteiger partial charge in [-0.1, -0.05) is 12.8 Å². The van der Waals surface area contributed by atoms with Gasteiger partial charge in [0.05, 0.1) is 41.7 Å². The fourth-order valence-electron chi connectivity index (χ4n) is 8.57. The summed E-state index contributed by atoms with van der Waals surface area (Å²) in [6.07, 6.45) is 17.4. The highest BCUT2D eigenvalue weighted by atomic mass is 16.5. The first-order valence-electron chi connectivity index (χ1n) is 15.4. The number of esters is 1. The maximum Gasteiger partial charge on any atom is 0.311 e. The Kier molecular flexibility index (Phi) is 8.51. The minimum absolute atomic E-state index is 0.00529. The van der Waals surface area contributed by atoms with E-state index < -0.39 is 11.4 Å². The number of hydrogen-bond acceptors (Lipinski definition) is 9. The van der Waals surface area contributed by atoms with Crippen molar-refractivity contribution in [2.24, 2.45) is 21.7 Å². The lowest BCUT2D eigenvalue weighted by Crippen LogP contribution is -2.36. The maximum absolute atomic E-state index is 12.6. The molecule has 0 aromatic carbocycles. The van der Waals surface area contributed by atoms with Gasteiger partial charge in [-0.25, -0.2) is 9.97 Å². The van der Waals surface area contributed by atoms with Crippen molar-refractivity contribution in [3.63, 3.8) is 0 Å². The van der Waals surface area contributed by atoms with Crippen molar-refractivity contribution in [2.75, 3.05) is 7.11 Å². The summed E-state index contributed by atoms with van der Waals surface area (Å²) in [5.41, 5.74) is 1.19. The zero-order chi connectivity index (χ0) is 30.9. The van der Waals surface area contributed by atoms with E-state index in [2.05, 4.69) is 19.9 Å². The van der Waals surface area contributed by atoms with Gasteiger partial charge in [0.1, 0.15) is 11.4 Å². The number of Topliss-reactive ketones (excluding diaryl/α,β-unsaturated/α-hetero) is 2. The Balaban J connectivity index is 0.000000171. The summed E-state index contributed by atoms with van der Waals surface area (Å²) in [4.78, 5) is 65.4. The molecule has 4 aliphatic rings. The van der Waals surface area contributed by atoms with Crippen molar-refractivity contribution >= 4 is 23.5 Å². The first-order valence-corrected chi connectivity index (χ1v) is 15.4. The molecule has 6 rings (SSSR count). The average molecular weight is 591 g/mol. The van der Waals surface area contributed by atoms with Crippen LogP contribution in [0.4, 0.5) is 0 Å². The van der Waals surface area contributed by atoms with Gasteiger partial charge in [-0.15, -0.1) is 0 Å². The van der Waals surface area contributed by atoms with E-state index in [0.717, 1.165) is 75.6 Å². The first-order chi connectivity index (χ1) is 20.4. The van der Waals surface area contributed by atoms with Gasteiger partial charge in [-0.2, -0.15) is 0 Å². The van der Waals surface area contributed by atoms with Crippen molar-refractivity contribution in [1.29, 1.82) is 0 Å². The average Bonchev–Trinajstić information content (AvgIpc) is 3.41. The fraction of sp³-hybridized carbons (Fsp3) is 0.636. The number of aromatic nitrogens is 4. The second kappa shape index (κ2) is 11.8. The van der Waals surface area contributed by atoms with Gasteiger partial charge < -0.3 is 9.84 Å². The second-order valence-electron chi connectivity index (χ2n) is 13.7. The predicted molar refractivity (Wildman–Crippen MR) is 156 cm³/mol. The number of ketones is 2. The predicted octanol–water partition coefficient (Wildman–Crippen LogP) is 5.65. The molecule has 1 N–H and O–H groups in total. The number of ether oxygens (including phenoxy) is 1. The SMILES string of the molecule is COC(=O)C12CCCC(CC(=O)c3cncc(C)n3)(CC1)C2.Cc1cncc(C(=O)CC23CCCC(C(=O)O)(CC2)C3)n1. The molecular formula is C33H42N4O6. The van der Waals surface area contributed by atoms with Gasteiger partial charge in [0.25, 0.3) is 0 Å². The highest BCUT2D eigenvalue weighted by Crippen LogP contribution is 2.61. The van der Waals surface area contributed by atoms with Crippen LogP contribution >= 0.6 is 0 Å². The highest BCUT2D eigenvalue weighted by molar-refractivity contribution is 5.95. The molecule has 230 valence electrons. The summed E-state index contributed by atoms with van der Waals surface area (Å²) in [6, 6.07) is 0. The fourth-order valence-corrected chi connectivity index (χ4v) is 8.57. The molecule has 0 aliphatic heterocycles. The minimum Gasteiger partial charge on any atom is -0.481 e. The van der Waals surface area contributed by atoms with E-state index in [4.69, 9.17) is 4.74 Å². The molecule has 2 heterocycles. The molecule has 2 aromatic rings. The monoisotopic (exact) mass is 590 g/mol. The molecule has 0 spiro atoms. The van der Waals surface area contributed by atoms with Crippen molar-refractivity contribution in [1.82, 2.24) is 19.9 Å². The molecule has 4 fully saturated rings. The summed E-state index contributed by atoms with van der Waals surface area (Å²) in [6.45, 7) is 3.65. The molecule has 10 heteroatoms. The topological polar surface area (TPSA) is 149 Å². The van der Waals surface area contributed by atoms with E-state index in [0.29, 0.717) is 37.1 Å². The van der Waals surface area contributed by atoms with Crippen LogP contribution in [0.3, 0.4) is 0 Å². The van der Waals surface area contributed by atoms with Crippen molar-refractivity contribution in [2.45, 2.75) is 104 Å². The van der Waals surface area contributed by atoms with Crippen molar-refractivity contribution < 1.29 is 29.0 Å². The number of carbonyl (C=O) groups is 4. The number of methoxy groups -OCH3 is 1. The lowest BCUT2D eigenvalue weighted by Gasteiger charge is -2.37. The number of aryl methyl sites for hydroxylation is 2. The maximum atomic E-state index is 12.6. The molecule has 4 atom stereocenters. The molecule has 2 aromatic heterocycles. The van der Waals surface area contributed by atoms with E-state index in [1.807, 2.05) is 13.8 Å². The number of hydrogen-bond donors (Lipinski definition) is 1. The van der Waals surface area contributed by atoms with Crippen LogP contribution in [-0.2, 0) is 14.3 Å². The van der Waals surface area contributed by atoms with Gasteiger partial charge in [0.15, 0.2) is 11.6 Å². The normalized spacial score (nSPS) is 30.6. The van der Waals surface area contributed by atoms with Crippen LogP contribution < -0.4 is 0 Å². The van der Waals surface area contributed by atoms with Crippen LogP contribution in [0, 0.1) is 35.5 Å². The molecule has 0 radical (unpaired) electrons. The van der Waals surface area contributed by atoms with E-state index in [9.17, 15) is 24.3 Å². The Bertz CT molecular complexity index is 1430. The molecule has 0 amide bonds. The molecule has 4 aliphatic carbocycles. The number of carbonyl (C=O) groups excluding carboxylic acids is 3. The molecule has 0 saturated heterocycles.